The fourth-order valence-corrected chi connectivity index (χ4v) is 3.14. The first kappa shape index (κ1) is 16.9. The summed E-state index contributed by atoms with van der Waals surface area (Å²) in [6.45, 7) is 4.08. The largest absolute Gasteiger partial charge is 0.493 e. The van der Waals surface area contributed by atoms with E-state index in [0.717, 1.165) is 38.9 Å². The average Bonchev–Trinajstić information content (AvgIpc) is 2.96. The average molecular weight is 339 g/mol. The number of aromatic nitrogens is 1. The number of carboxylic acid groups (broad SMARTS) is 1. The van der Waals surface area contributed by atoms with E-state index in [1.807, 2.05) is 44.2 Å². The highest BCUT2D eigenvalue weighted by Gasteiger charge is 2.18. The van der Waals surface area contributed by atoms with Crippen molar-refractivity contribution in [2.75, 3.05) is 14.2 Å². The fourth-order valence-electron chi connectivity index (χ4n) is 3.14. The van der Waals surface area contributed by atoms with Crippen LogP contribution in [0.2, 0.25) is 0 Å². The van der Waals surface area contributed by atoms with E-state index in [0.29, 0.717) is 11.5 Å². The number of aliphatic carboxylic acids is 1. The summed E-state index contributed by atoms with van der Waals surface area (Å²) in [5, 5.41) is 10.3. The topological polar surface area (TPSA) is 71.6 Å². The molecular formula is C20H21NO4. The molecule has 5 nitrogen and oxygen atoms in total. The molecular weight excluding hydrogens is 318 g/mol. The maximum absolute atomic E-state index is 11.4. The van der Waals surface area contributed by atoms with Gasteiger partial charge in [-0.15, -0.1) is 0 Å². The molecule has 5 heteroatoms. The van der Waals surface area contributed by atoms with Crippen LogP contribution >= 0.6 is 0 Å². The third-order valence-electron chi connectivity index (χ3n) is 4.61. The maximum Gasteiger partial charge on any atom is 0.307 e. The SMILES string of the molecule is COc1ccc(-c2[nH]c3c(C)c(C)ccc3c2CC(=O)O)cc1OC. The standard InChI is InChI=1S/C20H21NO4/c1-11-5-7-14-15(10-18(22)23)20(21-19(14)12(11)2)13-6-8-16(24-3)17(9-13)25-4/h5-9,21H,10H2,1-4H3,(H,22,23). The monoisotopic (exact) mass is 339 g/mol. The molecule has 2 aromatic carbocycles. The minimum Gasteiger partial charge on any atom is -0.493 e. The molecule has 3 aromatic rings. The van der Waals surface area contributed by atoms with Gasteiger partial charge in [0.1, 0.15) is 0 Å². The van der Waals surface area contributed by atoms with Crippen LogP contribution in [0.25, 0.3) is 22.2 Å². The molecule has 1 heterocycles. The van der Waals surface area contributed by atoms with Crippen molar-refractivity contribution in [3.8, 4) is 22.8 Å². The lowest BCUT2D eigenvalue weighted by Gasteiger charge is -2.10. The highest BCUT2D eigenvalue weighted by atomic mass is 16.5. The van der Waals surface area contributed by atoms with Gasteiger partial charge in [0.05, 0.1) is 26.3 Å². The number of carbonyl (C=O) groups is 1. The van der Waals surface area contributed by atoms with Crippen LogP contribution in [0.15, 0.2) is 30.3 Å². The van der Waals surface area contributed by atoms with E-state index >= 15 is 0 Å². The van der Waals surface area contributed by atoms with Gasteiger partial charge in [0.2, 0.25) is 0 Å². The molecule has 0 radical (unpaired) electrons. The quantitative estimate of drug-likeness (QED) is 0.734. The first-order chi connectivity index (χ1) is 12.0. The smallest absolute Gasteiger partial charge is 0.307 e. The number of ether oxygens (including phenoxy) is 2. The van der Waals surface area contributed by atoms with Crippen molar-refractivity contribution >= 4 is 16.9 Å². The Labute approximate surface area is 146 Å². The summed E-state index contributed by atoms with van der Waals surface area (Å²) in [7, 11) is 3.17. The molecule has 0 bridgehead atoms. The van der Waals surface area contributed by atoms with E-state index in [1.165, 1.54) is 0 Å². The van der Waals surface area contributed by atoms with E-state index in [2.05, 4.69) is 4.98 Å². The molecule has 0 aliphatic rings. The zero-order valence-electron chi connectivity index (χ0n) is 14.8. The van der Waals surface area contributed by atoms with Crippen molar-refractivity contribution in [1.82, 2.24) is 4.98 Å². The van der Waals surface area contributed by atoms with Crippen molar-refractivity contribution in [2.24, 2.45) is 0 Å². The number of nitrogens with one attached hydrogen (secondary N) is 1. The number of fused-ring (bicyclic) bond motifs is 1. The maximum atomic E-state index is 11.4. The van der Waals surface area contributed by atoms with Crippen molar-refractivity contribution in [3.05, 3.63) is 47.0 Å². The van der Waals surface area contributed by atoms with E-state index in [-0.39, 0.29) is 6.42 Å². The lowest BCUT2D eigenvalue weighted by atomic mass is 10.00. The van der Waals surface area contributed by atoms with Crippen LogP contribution in [0.5, 0.6) is 11.5 Å². The predicted octanol–water partition coefficient (Wildman–Crippen LogP) is 4.10. The number of hydrogen-bond acceptors (Lipinski definition) is 3. The van der Waals surface area contributed by atoms with Crippen LogP contribution in [0.4, 0.5) is 0 Å². The summed E-state index contributed by atoms with van der Waals surface area (Å²) in [6, 6.07) is 9.59. The number of hydrogen-bond donors (Lipinski definition) is 2. The second-order valence-corrected chi connectivity index (χ2v) is 6.05. The molecule has 2 N–H and O–H groups in total. The zero-order valence-corrected chi connectivity index (χ0v) is 14.8. The molecule has 0 atom stereocenters. The van der Waals surface area contributed by atoms with E-state index < -0.39 is 5.97 Å². The Morgan fingerprint density at radius 3 is 2.44 bits per heavy atom. The number of carboxylic acids is 1. The van der Waals surface area contributed by atoms with Gasteiger partial charge in [-0.1, -0.05) is 12.1 Å². The van der Waals surface area contributed by atoms with Crippen LogP contribution in [0, 0.1) is 13.8 Å². The van der Waals surface area contributed by atoms with Crippen LogP contribution in [-0.4, -0.2) is 30.3 Å². The van der Waals surface area contributed by atoms with Crippen molar-refractivity contribution < 1.29 is 19.4 Å². The predicted molar refractivity (Wildman–Crippen MR) is 97.7 cm³/mol. The number of methoxy groups -OCH3 is 2. The van der Waals surface area contributed by atoms with Crippen LogP contribution < -0.4 is 9.47 Å². The number of H-pyrrole nitrogens is 1. The fraction of sp³-hybridized carbons (Fsp3) is 0.250. The molecule has 0 saturated carbocycles. The molecule has 25 heavy (non-hydrogen) atoms. The van der Waals surface area contributed by atoms with Crippen molar-refractivity contribution in [1.29, 1.82) is 0 Å². The summed E-state index contributed by atoms with van der Waals surface area (Å²) in [5.41, 5.74) is 5.69. The molecule has 0 amide bonds. The Morgan fingerprint density at radius 1 is 1.08 bits per heavy atom. The van der Waals surface area contributed by atoms with Gasteiger partial charge in [-0.2, -0.15) is 0 Å². The lowest BCUT2D eigenvalue weighted by Crippen LogP contribution is -2.01. The molecule has 130 valence electrons. The molecule has 0 fully saturated rings. The lowest BCUT2D eigenvalue weighted by molar-refractivity contribution is -0.136. The van der Waals surface area contributed by atoms with Crippen molar-refractivity contribution in [2.45, 2.75) is 20.3 Å². The second-order valence-electron chi connectivity index (χ2n) is 6.05. The Hall–Kier alpha value is -2.95. The number of benzene rings is 2. The van der Waals surface area contributed by atoms with Gasteiger partial charge in [0.25, 0.3) is 0 Å². The van der Waals surface area contributed by atoms with Crippen molar-refractivity contribution in [3.63, 3.8) is 0 Å². The highest BCUT2D eigenvalue weighted by molar-refractivity contribution is 5.96. The summed E-state index contributed by atoms with van der Waals surface area (Å²) in [5.74, 6) is 0.378. The Morgan fingerprint density at radius 2 is 1.80 bits per heavy atom. The van der Waals surface area contributed by atoms with E-state index in [1.54, 1.807) is 14.2 Å². The summed E-state index contributed by atoms with van der Waals surface area (Å²) in [6.07, 6.45) is -0.0494. The van der Waals surface area contributed by atoms with Gasteiger partial charge < -0.3 is 19.6 Å². The number of aryl methyl sites for hydroxylation is 2. The Kier molecular flexibility index (Phi) is 4.40. The van der Waals surface area contributed by atoms with Crippen LogP contribution in [0.3, 0.4) is 0 Å². The van der Waals surface area contributed by atoms with Gasteiger partial charge in [0, 0.05) is 16.5 Å². The normalized spacial score (nSPS) is 10.9. The van der Waals surface area contributed by atoms with Gasteiger partial charge >= 0.3 is 5.97 Å². The Bertz CT molecular complexity index is 956. The number of rotatable bonds is 5. The first-order valence-corrected chi connectivity index (χ1v) is 8.01. The van der Waals surface area contributed by atoms with Gasteiger partial charge in [0.15, 0.2) is 11.5 Å². The van der Waals surface area contributed by atoms with Crippen LogP contribution in [-0.2, 0) is 11.2 Å². The zero-order chi connectivity index (χ0) is 18.1. The molecule has 0 aliphatic heterocycles. The van der Waals surface area contributed by atoms with E-state index in [9.17, 15) is 9.90 Å². The molecule has 3 rings (SSSR count). The third-order valence-corrected chi connectivity index (χ3v) is 4.61. The third kappa shape index (κ3) is 2.93. The Balaban J connectivity index is 2.28. The molecule has 0 spiro atoms. The molecule has 0 unspecified atom stereocenters. The highest BCUT2D eigenvalue weighted by Crippen LogP contribution is 2.37. The first-order valence-electron chi connectivity index (χ1n) is 8.01. The van der Waals surface area contributed by atoms with E-state index in [4.69, 9.17) is 9.47 Å². The summed E-state index contributed by atoms with van der Waals surface area (Å²) < 4.78 is 10.7. The molecule has 0 aliphatic carbocycles. The minimum absolute atomic E-state index is 0.0494. The van der Waals surface area contributed by atoms with Gasteiger partial charge in [-0.3, -0.25) is 4.79 Å². The summed E-state index contributed by atoms with van der Waals surface area (Å²) in [4.78, 5) is 14.8. The summed E-state index contributed by atoms with van der Waals surface area (Å²) >= 11 is 0. The van der Waals surface area contributed by atoms with Gasteiger partial charge in [-0.05, 0) is 48.7 Å². The van der Waals surface area contributed by atoms with Crippen LogP contribution in [0.1, 0.15) is 16.7 Å². The van der Waals surface area contributed by atoms with Gasteiger partial charge in [-0.25, -0.2) is 0 Å². The second kappa shape index (κ2) is 6.51. The number of aromatic amines is 1. The minimum atomic E-state index is -0.860. The molecule has 0 saturated heterocycles. The molecule has 1 aromatic heterocycles.